The Labute approximate surface area is 135 Å². The van der Waals surface area contributed by atoms with E-state index in [9.17, 15) is 22.8 Å². The molecule has 0 aliphatic carbocycles. The molecule has 0 aliphatic heterocycles. The number of carboxylic acids is 2. The lowest BCUT2D eigenvalue weighted by Crippen LogP contribution is -2.10. The quantitative estimate of drug-likeness (QED) is 0.829. The smallest absolute Gasteiger partial charge is 0.336 e. The van der Waals surface area contributed by atoms with Gasteiger partial charge >= 0.3 is 11.9 Å². The van der Waals surface area contributed by atoms with Crippen molar-refractivity contribution < 1.29 is 33.0 Å². The van der Waals surface area contributed by atoms with Crippen LogP contribution in [-0.2, 0) is 20.0 Å². The van der Waals surface area contributed by atoms with E-state index in [1.807, 2.05) is 0 Å². The van der Waals surface area contributed by atoms with Gasteiger partial charge in [-0.15, -0.1) is 0 Å². The van der Waals surface area contributed by atoms with Crippen LogP contribution in [0.5, 0.6) is 0 Å². The van der Waals surface area contributed by atoms with Gasteiger partial charge in [-0.2, -0.15) is 0 Å². The van der Waals surface area contributed by atoms with E-state index in [1.54, 1.807) is 0 Å². The van der Waals surface area contributed by atoms with Gasteiger partial charge in [0, 0.05) is 5.56 Å². The van der Waals surface area contributed by atoms with E-state index in [-0.39, 0.29) is 22.3 Å². The summed E-state index contributed by atoms with van der Waals surface area (Å²) in [4.78, 5) is 22.1. The Balaban J connectivity index is 2.73. The molecular formula is C17H13F3O4. The number of carboxylic acid groups (broad SMARTS) is 2. The van der Waals surface area contributed by atoms with Crippen molar-refractivity contribution >= 4 is 11.9 Å². The molecule has 0 aromatic heterocycles. The van der Waals surface area contributed by atoms with Gasteiger partial charge in [-0.05, 0) is 40.5 Å². The number of halogens is 3. The van der Waals surface area contributed by atoms with Crippen molar-refractivity contribution in [3.8, 4) is 11.1 Å². The van der Waals surface area contributed by atoms with Crippen LogP contribution in [0.25, 0.3) is 11.1 Å². The fraction of sp³-hybridized carbons (Fsp3) is 0.176. The van der Waals surface area contributed by atoms with Crippen molar-refractivity contribution in [2.75, 3.05) is 0 Å². The summed E-state index contributed by atoms with van der Waals surface area (Å²) in [7, 11) is 0. The van der Waals surface area contributed by atoms with Gasteiger partial charge in [0.1, 0.15) is 20.0 Å². The second-order valence-corrected chi connectivity index (χ2v) is 5.00. The number of aromatic carboxylic acids is 2. The third-order valence-corrected chi connectivity index (χ3v) is 3.70. The van der Waals surface area contributed by atoms with Crippen LogP contribution in [0, 0.1) is 0 Å². The van der Waals surface area contributed by atoms with Gasteiger partial charge in [0.05, 0.1) is 11.1 Å². The molecule has 2 N–H and O–H groups in total. The molecule has 0 unspecified atom stereocenters. The van der Waals surface area contributed by atoms with Crippen LogP contribution in [0.3, 0.4) is 0 Å². The fourth-order valence-electron chi connectivity index (χ4n) is 2.56. The summed E-state index contributed by atoms with van der Waals surface area (Å²) in [5, 5.41) is 18.1. The van der Waals surface area contributed by atoms with E-state index >= 15 is 0 Å². The van der Waals surface area contributed by atoms with E-state index < -0.39 is 43.1 Å². The Morgan fingerprint density at radius 3 is 1.83 bits per heavy atom. The zero-order valence-electron chi connectivity index (χ0n) is 12.4. The van der Waals surface area contributed by atoms with Crippen LogP contribution in [0.2, 0.25) is 0 Å². The van der Waals surface area contributed by atoms with Crippen LogP contribution in [-0.4, -0.2) is 22.2 Å². The van der Waals surface area contributed by atoms with E-state index in [2.05, 4.69) is 0 Å². The van der Waals surface area contributed by atoms with Gasteiger partial charge in [0.15, 0.2) is 0 Å². The first-order valence-corrected chi connectivity index (χ1v) is 6.87. The Morgan fingerprint density at radius 2 is 1.42 bits per heavy atom. The predicted molar refractivity (Wildman–Crippen MR) is 80.2 cm³/mol. The lowest BCUT2D eigenvalue weighted by atomic mass is 9.89. The molecule has 4 nitrogen and oxygen atoms in total. The Kier molecular flexibility index (Phi) is 5.23. The minimum atomic E-state index is -1.53. The molecule has 2 aromatic rings. The molecule has 2 rings (SSSR count). The Bertz CT molecular complexity index is 785. The normalized spacial score (nSPS) is 10.6. The van der Waals surface area contributed by atoms with Crippen LogP contribution >= 0.6 is 0 Å². The maximum atomic E-state index is 13.5. The van der Waals surface area contributed by atoms with Crippen LogP contribution < -0.4 is 0 Å². The van der Waals surface area contributed by atoms with E-state index in [0.29, 0.717) is 5.56 Å². The van der Waals surface area contributed by atoms with Crippen LogP contribution in [0.4, 0.5) is 13.2 Å². The van der Waals surface area contributed by atoms with Crippen molar-refractivity contribution in [3.05, 3.63) is 58.1 Å². The van der Waals surface area contributed by atoms with Gasteiger partial charge in [-0.1, -0.05) is 12.1 Å². The number of carbonyl (C=O) groups is 2. The second kappa shape index (κ2) is 7.16. The first kappa shape index (κ1) is 17.5. The molecule has 0 fully saturated rings. The third kappa shape index (κ3) is 3.10. The average molecular weight is 338 g/mol. The van der Waals surface area contributed by atoms with Crippen molar-refractivity contribution in [3.63, 3.8) is 0 Å². The minimum Gasteiger partial charge on any atom is -0.478 e. The van der Waals surface area contributed by atoms with Crippen LogP contribution in [0.1, 0.15) is 37.4 Å². The number of hydrogen-bond acceptors (Lipinski definition) is 2. The molecule has 24 heavy (non-hydrogen) atoms. The highest BCUT2D eigenvalue weighted by molar-refractivity contribution is 5.93. The highest BCUT2D eigenvalue weighted by atomic mass is 19.1. The summed E-state index contributed by atoms with van der Waals surface area (Å²) in [6, 6.07) is 6.46. The number of alkyl halides is 3. The molecule has 0 spiro atoms. The van der Waals surface area contributed by atoms with E-state index in [4.69, 9.17) is 10.2 Å². The van der Waals surface area contributed by atoms with Crippen molar-refractivity contribution in [1.82, 2.24) is 0 Å². The molecule has 7 heteroatoms. The van der Waals surface area contributed by atoms with Gasteiger partial charge in [-0.3, -0.25) is 0 Å². The van der Waals surface area contributed by atoms with Crippen molar-refractivity contribution in [2.45, 2.75) is 20.0 Å². The molecule has 2 aromatic carbocycles. The molecule has 0 atom stereocenters. The number of benzene rings is 2. The average Bonchev–Trinajstić information content (AvgIpc) is 2.59. The minimum absolute atomic E-state index is 0.000801. The van der Waals surface area contributed by atoms with Crippen LogP contribution in [0.15, 0.2) is 30.3 Å². The third-order valence-electron chi connectivity index (χ3n) is 3.70. The van der Waals surface area contributed by atoms with Gasteiger partial charge in [-0.25, -0.2) is 22.8 Å². The highest BCUT2D eigenvalue weighted by Crippen LogP contribution is 2.33. The summed E-state index contributed by atoms with van der Waals surface area (Å²) in [5.41, 5.74) is -0.941. The lowest BCUT2D eigenvalue weighted by molar-refractivity contribution is 0.0683. The summed E-state index contributed by atoms with van der Waals surface area (Å²) in [6.45, 7) is -3.54. The van der Waals surface area contributed by atoms with Gasteiger partial charge in [0.2, 0.25) is 0 Å². The number of hydrogen-bond donors (Lipinski definition) is 2. The molecule has 0 radical (unpaired) electrons. The molecule has 0 heterocycles. The summed E-state index contributed by atoms with van der Waals surface area (Å²) in [5.74, 6) is -2.68. The van der Waals surface area contributed by atoms with E-state index in [0.717, 1.165) is 6.07 Å². The van der Waals surface area contributed by atoms with Crippen molar-refractivity contribution in [2.24, 2.45) is 0 Å². The van der Waals surface area contributed by atoms with Gasteiger partial charge < -0.3 is 10.2 Å². The summed E-state index contributed by atoms with van der Waals surface area (Å²) >= 11 is 0. The lowest BCUT2D eigenvalue weighted by Gasteiger charge is -2.16. The highest BCUT2D eigenvalue weighted by Gasteiger charge is 2.23. The Morgan fingerprint density at radius 1 is 0.833 bits per heavy atom. The van der Waals surface area contributed by atoms with E-state index in [1.165, 1.54) is 24.3 Å². The SMILES string of the molecule is O=C(O)c1ccc(-c2cc(CF)c(C(=O)O)c(CF)c2CF)cc1. The monoisotopic (exact) mass is 338 g/mol. The zero-order valence-corrected chi connectivity index (χ0v) is 12.4. The largest absolute Gasteiger partial charge is 0.478 e. The molecule has 0 amide bonds. The molecule has 0 saturated carbocycles. The predicted octanol–water partition coefficient (Wildman–Crippen LogP) is 4.16. The molecule has 0 bridgehead atoms. The first-order chi connectivity index (χ1) is 11.4. The summed E-state index contributed by atoms with van der Waals surface area (Å²) < 4.78 is 40.0. The fourth-order valence-corrected chi connectivity index (χ4v) is 2.56. The molecule has 0 saturated heterocycles. The topological polar surface area (TPSA) is 74.6 Å². The maximum Gasteiger partial charge on any atom is 0.336 e. The number of rotatable bonds is 6. The zero-order chi connectivity index (χ0) is 17.9. The summed E-state index contributed by atoms with van der Waals surface area (Å²) in [6.07, 6.45) is 0. The second-order valence-electron chi connectivity index (χ2n) is 5.00. The molecule has 126 valence electrons. The first-order valence-electron chi connectivity index (χ1n) is 6.87. The van der Waals surface area contributed by atoms with Gasteiger partial charge in [0.25, 0.3) is 0 Å². The maximum absolute atomic E-state index is 13.5. The molecular weight excluding hydrogens is 325 g/mol. The standard InChI is InChI=1S/C17H13F3O4/c18-6-11-5-12(9-1-3-10(4-2-9)16(21)22)13(7-19)14(8-20)15(11)17(23)24/h1-5H,6-8H2,(H,21,22)(H,23,24). The molecule has 0 aliphatic rings. The van der Waals surface area contributed by atoms with Crippen molar-refractivity contribution in [1.29, 1.82) is 0 Å². The Hall–Kier alpha value is -2.83.